The quantitative estimate of drug-likeness (QED) is 0.603. The fourth-order valence-corrected chi connectivity index (χ4v) is 4.60. The summed E-state index contributed by atoms with van der Waals surface area (Å²) < 4.78 is 16.5. The van der Waals surface area contributed by atoms with Crippen LogP contribution in [0.5, 0.6) is 0 Å². The zero-order valence-electron chi connectivity index (χ0n) is 11.1. The van der Waals surface area contributed by atoms with E-state index in [1.54, 1.807) is 23.5 Å². The fourth-order valence-electron chi connectivity index (χ4n) is 3.17. The second kappa shape index (κ2) is 4.95. The Bertz CT molecular complexity index is 839. The average molecular weight is 413 g/mol. The Hall–Kier alpha value is -1.15. The second-order valence-corrected chi connectivity index (χ2v) is 7.47. The van der Waals surface area contributed by atoms with Gasteiger partial charge in [-0.25, -0.2) is 9.37 Å². The van der Waals surface area contributed by atoms with Crippen LogP contribution in [0.3, 0.4) is 0 Å². The van der Waals surface area contributed by atoms with Gasteiger partial charge in [0.1, 0.15) is 5.82 Å². The van der Waals surface area contributed by atoms with E-state index in [1.807, 2.05) is 27.2 Å². The van der Waals surface area contributed by atoms with E-state index in [1.165, 1.54) is 10.4 Å². The summed E-state index contributed by atoms with van der Waals surface area (Å²) in [5, 5.41) is 2.13. The topological polar surface area (TPSA) is 43.8 Å². The molecule has 0 radical (unpaired) electrons. The third-order valence-corrected chi connectivity index (χ3v) is 5.91. The zero-order valence-corrected chi connectivity index (χ0v) is 14.1. The van der Waals surface area contributed by atoms with Crippen LogP contribution in [0.15, 0.2) is 23.6 Å². The molecule has 2 heterocycles. The highest BCUT2D eigenvalue weighted by Gasteiger charge is 2.26. The number of nitrogen functional groups attached to an aromatic ring is 1. The molecular weight excluding hydrogens is 400 g/mol. The van der Waals surface area contributed by atoms with Crippen LogP contribution < -0.4 is 5.73 Å². The number of anilines is 1. The standard InChI is InChI=1S/C15H13FIN3S/c16-9-6-13-11(7-10(9)17)19-15(18)20(13)12-2-1-3-14-8(12)4-5-21-14/h4-7,12H,1-3H2,(H2,18,19). The number of halogens is 2. The molecule has 21 heavy (non-hydrogen) atoms. The summed E-state index contributed by atoms with van der Waals surface area (Å²) >= 11 is 3.78. The van der Waals surface area contributed by atoms with Crippen molar-refractivity contribution in [2.24, 2.45) is 0 Å². The van der Waals surface area contributed by atoms with Crippen molar-refractivity contribution in [1.29, 1.82) is 0 Å². The number of aryl methyl sites for hydroxylation is 1. The Labute approximate surface area is 139 Å². The van der Waals surface area contributed by atoms with Gasteiger partial charge in [-0.1, -0.05) is 0 Å². The van der Waals surface area contributed by atoms with E-state index in [2.05, 4.69) is 16.4 Å². The Morgan fingerprint density at radius 3 is 3.14 bits per heavy atom. The minimum absolute atomic E-state index is 0.171. The molecule has 0 aliphatic heterocycles. The molecule has 6 heteroatoms. The zero-order chi connectivity index (χ0) is 14.6. The summed E-state index contributed by atoms with van der Waals surface area (Å²) in [6.45, 7) is 0. The van der Waals surface area contributed by atoms with Crippen LogP contribution in [0.2, 0.25) is 0 Å². The van der Waals surface area contributed by atoms with Crippen LogP contribution in [-0.4, -0.2) is 9.55 Å². The average Bonchev–Trinajstić information content (AvgIpc) is 3.03. The lowest BCUT2D eigenvalue weighted by Gasteiger charge is -2.25. The number of fused-ring (bicyclic) bond motifs is 2. The number of nitrogens with two attached hydrogens (primary N) is 1. The summed E-state index contributed by atoms with van der Waals surface area (Å²) in [7, 11) is 0. The van der Waals surface area contributed by atoms with E-state index >= 15 is 0 Å². The van der Waals surface area contributed by atoms with E-state index in [4.69, 9.17) is 5.73 Å². The first-order valence-corrected chi connectivity index (χ1v) is 8.79. The Morgan fingerprint density at radius 1 is 1.43 bits per heavy atom. The minimum atomic E-state index is -0.217. The predicted molar refractivity (Wildman–Crippen MR) is 92.2 cm³/mol. The van der Waals surface area contributed by atoms with Gasteiger partial charge < -0.3 is 10.3 Å². The van der Waals surface area contributed by atoms with Gasteiger partial charge in [0.25, 0.3) is 0 Å². The van der Waals surface area contributed by atoms with Crippen LogP contribution in [0, 0.1) is 9.39 Å². The van der Waals surface area contributed by atoms with Crippen molar-refractivity contribution < 1.29 is 4.39 Å². The molecule has 0 amide bonds. The van der Waals surface area contributed by atoms with Gasteiger partial charge in [-0.05, 0) is 64.9 Å². The first kappa shape index (κ1) is 13.5. The monoisotopic (exact) mass is 413 g/mol. The molecule has 0 fully saturated rings. The van der Waals surface area contributed by atoms with Crippen LogP contribution in [0.1, 0.15) is 29.3 Å². The first-order chi connectivity index (χ1) is 10.1. The molecule has 1 aliphatic carbocycles. The normalized spacial score (nSPS) is 18.1. The fraction of sp³-hybridized carbons (Fsp3) is 0.267. The predicted octanol–water partition coefficient (Wildman–Crippen LogP) is 4.35. The summed E-state index contributed by atoms with van der Waals surface area (Å²) in [6.07, 6.45) is 3.28. The molecule has 0 bridgehead atoms. The minimum Gasteiger partial charge on any atom is -0.369 e. The van der Waals surface area contributed by atoms with Gasteiger partial charge >= 0.3 is 0 Å². The molecule has 4 rings (SSSR count). The molecule has 0 saturated heterocycles. The van der Waals surface area contributed by atoms with Crippen molar-refractivity contribution in [2.45, 2.75) is 25.3 Å². The van der Waals surface area contributed by atoms with Gasteiger partial charge in [0.05, 0.1) is 20.6 Å². The molecule has 2 aromatic heterocycles. The van der Waals surface area contributed by atoms with Gasteiger partial charge in [0, 0.05) is 10.9 Å². The SMILES string of the molecule is Nc1nc2cc(I)c(F)cc2n1C1CCCc2sccc21. The highest BCUT2D eigenvalue weighted by atomic mass is 127. The number of thiophene rings is 1. The number of nitrogens with zero attached hydrogens (tertiary/aromatic N) is 2. The largest absolute Gasteiger partial charge is 0.369 e. The number of hydrogen-bond acceptors (Lipinski definition) is 3. The second-order valence-electron chi connectivity index (χ2n) is 5.30. The Kier molecular flexibility index (Phi) is 3.18. The highest BCUT2D eigenvalue weighted by molar-refractivity contribution is 14.1. The van der Waals surface area contributed by atoms with Crippen molar-refractivity contribution in [1.82, 2.24) is 9.55 Å². The van der Waals surface area contributed by atoms with Crippen LogP contribution in [0.4, 0.5) is 10.3 Å². The number of benzene rings is 1. The maximum Gasteiger partial charge on any atom is 0.201 e. The van der Waals surface area contributed by atoms with Crippen LogP contribution >= 0.6 is 33.9 Å². The molecule has 2 N–H and O–H groups in total. The third-order valence-electron chi connectivity index (χ3n) is 4.09. The maximum atomic E-state index is 14.0. The van der Waals surface area contributed by atoms with E-state index in [0.29, 0.717) is 9.52 Å². The summed E-state index contributed by atoms with van der Waals surface area (Å²) in [6, 6.07) is 5.65. The lowest BCUT2D eigenvalue weighted by atomic mass is 9.93. The van der Waals surface area contributed by atoms with E-state index in [9.17, 15) is 4.39 Å². The van der Waals surface area contributed by atoms with Gasteiger partial charge in [-0.3, -0.25) is 0 Å². The first-order valence-electron chi connectivity index (χ1n) is 6.84. The van der Waals surface area contributed by atoms with Crippen LogP contribution in [-0.2, 0) is 6.42 Å². The van der Waals surface area contributed by atoms with Gasteiger partial charge in [-0.2, -0.15) is 0 Å². The molecule has 1 aliphatic rings. The molecule has 0 spiro atoms. The number of rotatable bonds is 1. The van der Waals surface area contributed by atoms with E-state index < -0.39 is 0 Å². The molecule has 1 unspecified atom stereocenters. The van der Waals surface area contributed by atoms with Gasteiger partial charge in [0.15, 0.2) is 0 Å². The van der Waals surface area contributed by atoms with Gasteiger partial charge in [0.2, 0.25) is 5.95 Å². The van der Waals surface area contributed by atoms with Crippen molar-refractivity contribution in [3.05, 3.63) is 43.4 Å². The summed E-state index contributed by atoms with van der Waals surface area (Å²) in [5.74, 6) is 0.251. The molecule has 3 aromatic rings. The van der Waals surface area contributed by atoms with Crippen molar-refractivity contribution in [2.75, 3.05) is 5.73 Å². The number of aromatic nitrogens is 2. The molecule has 108 valence electrons. The molecular formula is C15H13FIN3S. The van der Waals surface area contributed by atoms with E-state index in [0.717, 1.165) is 30.3 Å². The summed E-state index contributed by atoms with van der Waals surface area (Å²) in [5.41, 5.74) is 9.01. The number of hydrogen-bond donors (Lipinski definition) is 1. The number of imidazole rings is 1. The molecule has 0 saturated carbocycles. The molecule has 3 nitrogen and oxygen atoms in total. The van der Waals surface area contributed by atoms with E-state index in [-0.39, 0.29) is 11.9 Å². The van der Waals surface area contributed by atoms with Gasteiger partial charge in [-0.15, -0.1) is 11.3 Å². The third kappa shape index (κ3) is 2.07. The lowest BCUT2D eigenvalue weighted by Crippen LogP contribution is -2.17. The highest BCUT2D eigenvalue weighted by Crippen LogP contribution is 2.39. The lowest BCUT2D eigenvalue weighted by molar-refractivity contribution is 0.509. The smallest absolute Gasteiger partial charge is 0.201 e. The molecule has 1 aromatic carbocycles. The van der Waals surface area contributed by atoms with Crippen molar-refractivity contribution in [3.63, 3.8) is 0 Å². The van der Waals surface area contributed by atoms with Crippen molar-refractivity contribution in [3.8, 4) is 0 Å². The Balaban J connectivity index is 1.96. The maximum absolute atomic E-state index is 14.0. The summed E-state index contributed by atoms with van der Waals surface area (Å²) in [4.78, 5) is 5.84. The molecule has 1 atom stereocenters. The Morgan fingerprint density at radius 2 is 2.29 bits per heavy atom. The van der Waals surface area contributed by atoms with Crippen molar-refractivity contribution >= 4 is 50.9 Å². The van der Waals surface area contributed by atoms with Crippen LogP contribution in [0.25, 0.3) is 11.0 Å².